The molecule has 11 heteroatoms. The van der Waals surface area contributed by atoms with Gasteiger partial charge in [0.15, 0.2) is 0 Å². The average molecular weight is 536 g/mol. The van der Waals surface area contributed by atoms with Gasteiger partial charge < -0.3 is 30.9 Å². The Kier molecular flexibility index (Phi) is 16.2. The third-order valence-electron chi connectivity index (χ3n) is 5.82. The number of aliphatic carboxylic acids is 1. The lowest BCUT2D eigenvalue weighted by Gasteiger charge is -2.15. The highest BCUT2D eigenvalue weighted by molar-refractivity contribution is 5.94. The molecule has 0 radical (unpaired) electrons. The fraction of sp³-hybridized carbons (Fsp3) is 0.593. The lowest BCUT2D eigenvalue weighted by Crippen LogP contribution is -2.45. The van der Waals surface area contributed by atoms with Crippen LogP contribution in [0.3, 0.4) is 0 Å². The number of nitrogens with one attached hydrogen (secondary N) is 2. The van der Waals surface area contributed by atoms with Crippen molar-refractivity contribution in [2.45, 2.75) is 64.8 Å². The van der Waals surface area contributed by atoms with Gasteiger partial charge in [-0.05, 0) is 51.2 Å². The molecular weight excluding hydrogens is 494 g/mol. The van der Waals surface area contributed by atoms with Crippen LogP contribution in [-0.2, 0) is 28.7 Å². The molecule has 0 spiro atoms. The van der Waals surface area contributed by atoms with Crippen molar-refractivity contribution in [2.75, 3.05) is 33.0 Å². The van der Waals surface area contributed by atoms with Crippen molar-refractivity contribution in [3.05, 3.63) is 35.4 Å². The van der Waals surface area contributed by atoms with Gasteiger partial charge in [0.05, 0.1) is 19.1 Å². The maximum absolute atomic E-state index is 12.1. The number of benzene rings is 1. The van der Waals surface area contributed by atoms with E-state index in [1.807, 2.05) is 19.1 Å². The molecule has 2 atom stereocenters. The minimum absolute atomic E-state index is 0.00521. The third-order valence-corrected chi connectivity index (χ3v) is 5.82. The molecule has 0 aromatic heterocycles. The Hall–Kier alpha value is -3.31. The highest BCUT2D eigenvalue weighted by Gasteiger charge is 2.18. The molecule has 0 saturated carbocycles. The number of ketones is 1. The predicted molar refractivity (Wildman–Crippen MR) is 140 cm³/mol. The molecule has 1 aromatic carbocycles. The van der Waals surface area contributed by atoms with E-state index >= 15 is 0 Å². The van der Waals surface area contributed by atoms with Crippen molar-refractivity contribution >= 4 is 29.5 Å². The summed E-state index contributed by atoms with van der Waals surface area (Å²) in [6, 6.07) is 6.43. The van der Waals surface area contributed by atoms with E-state index in [0.29, 0.717) is 57.2 Å². The summed E-state index contributed by atoms with van der Waals surface area (Å²) >= 11 is 0. The number of rotatable bonds is 21. The third kappa shape index (κ3) is 15.1. The van der Waals surface area contributed by atoms with Crippen molar-refractivity contribution < 1.29 is 38.6 Å². The Balaban J connectivity index is 2.09. The fourth-order valence-corrected chi connectivity index (χ4v) is 3.39. The summed E-state index contributed by atoms with van der Waals surface area (Å²) in [7, 11) is 0. The molecule has 2 unspecified atom stereocenters. The van der Waals surface area contributed by atoms with Gasteiger partial charge in [0.1, 0.15) is 18.4 Å². The molecular formula is C27H41N3O8. The normalized spacial score (nSPS) is 12.4. The first kappa shape index (κ1) is 32.7. The van der Waals surface area contributed by atoms with E-state index in [4.69, 9.17) is 20.3 Å². The largest absolute Gasteiger partial charge is 0.481 e. The zero-order chi connectivity index (χ0) is 28.3. The van der Waals surface area contributed by atoms with Crippen molar-refractivity contribution in [3.63, 3.8) is 0 Å². The molecule has 0 bridgehead atoms. The lowest BCUT2D eigenvalue weighted by atomic mass is 10.0. The van der Waals surface area contributed by atoms with E-state index in [2.05, 4.69) is 10.6 Å². The quantitative estimate of drug-likeness (QED) is 0.172. The molecule has 3 amide bonds. The molecule has 0 aliphatic carbocycles. The Morgan fingerprint density at radius 3 is 2.26 bits per heavy atom. The van der Waals surface area contributed by atoms with Gasteiger partial charge in [-0.1, -0.05) is 24.6 Å². The zero-order valence-corrected chi connectivity index (χ0v) is 22.3. The number of carbonyl (C=O) groups is 5. The second kappa shape index (κ2) is 18.9. The van der Waals surface area contributed by atoms with Crippen molar-refractivity contribution in [2.24, 2.45) is 11.7 Å². The predicted octanol–water partition coefficient (Wildman–Crippen LogP) is 1.75. The van der Waals surface area contributed by atoms with Crippen LogP contribution in [0.4, 0.5) is 0 Å². The first-order valence-electron chi connectivity index (χ1n) is 12.9. The SMILES string of the molecule is Cc1ccc(C(=O)NCCCCC(NC(=O)COCCOCCCC(=O)CCC(C)C(=O)O)C(N)=O)cc1. The van der Waals surface area contributed by atoms with Crippen LogP contribution >= 0.6 is 0 Å². The summed E-state index contributed by atoms with van der Waals surface area (Å²) in [5, 5.41) is 14.2. The van der Waals surface area contributed by atoms with Crippen LogP contribution in [0.2, 0.25) is 0 Å². The van der Waals surface area contributed by atoms with Gasteiger partial charge in [-0.2, -0.15) is 0 Å². The molecule has 0 aliphatic heterocycles. The van der Waals surface area contributed by atoms with Crippen LogP contribution in [0.5, 0.6) is 0 Å². The molecule has 38 heavy (non-hydrogen) atoms. The van der Waals surface area contributed by atoms with E-state index in [-0.39, 0.29) is 37.9 Å². The van der Waals surface area contributed by atoms with Crippen molar-refractivity contribution in [3.8, 4) is 0 Å². The van der Waals surface area contributed by atoms with Crippen molar-refractivity contribution in [1.82, 2.24) is 10.6 Å². The summed E-state index contributed by atoms with van der Waals surface area (Å²) in [6.45, 7) is 4.47. The number of hydrogen-bond acceptors (Lipinski definition) is 7. The Morgan fingerprint density at radius 2 is 1.61 bits per heavy atom. The number of primary amides is 1. The molecule has 1 rings (SSSR count). The average Bonchev–Trinajstić information content (AvgIpc) is 2.87. The Bertz CT molecular complexity index is 904. The number of ether oxygens (including phenoxy) is 2. The van der Waals surface area contributed by atoms with Crippen LogP contribution in [0.25, 0.3) is 0 Å². The van der Waals surface area contributed by atoms with E-state index in [1.165, 1.54) is 0 Å². The number of carbonyl (C=O) groups excluding carboxylic acids is 4. The molecule has 0 fully saturated rings. The minimum Gasteiger partial charge on any atom is -0.481 e. The van der Waals surface area contributed by atoms with Crippen LogP contribution in [0, 0.1) is 12.8 Å². The number of carboxylic acid groups (broad SMARTS) is 1. The van der Waals surface area contributed by atoms with Crippen LogP contribution in [-0.4, -0.2) is 73.6 Å². The zero-order valence-electron chi connectivity index (χ0n) is 22.3. The summed E-state index contributed by atoms with van der Waals surface area (Å²) in [5.74, 6) is -2.71. The Morgan fingerprint density at radius 1 is 0.921 bits per heavy atom. The highest BCUT2D eigenvalue weighted by atomic mass is 16.5. The highest BCUT2D eigenvalue weighted by Crippen LogP contribution is 2.08. The second-order valence-corrected chi connectivity index (χ2v) is 9.23. The standard InChI is InChI=1S/C27H41N3O8/c1-19-8-11-21(12-9-19)26(34)29-14-4-3-7-23(25(28)33)30-24(32)18-38-17-16-37-15-5-6-22(31)13-10-20(2)27(35)36/h8-9,11-12,20,23H,3-7,10,13-18H2,1-2H3,(H2,28,33)(H,29,34)(H,30,32)(H,35,36). The topological polar surface area (TPSA) is 174 Å². The van der Waals surface area contributed by atoms with E-state index in [1.54, 1.807) is 19.1 Å². The molecule has 212 valence electrons. The number of nitrogens with two attached hydrogens (primary N) is 1. The molecule has 0 aliphatic rings. The van der Waals surface area contributed by atoms with E-state index in [0.717, 1.165) is 5.56 Å². The summed E-state index contributed by atoms with van der Waals surface area (Å²) in [6.07, 6.45) is 2.96. The lowest BCUT2D eigenvalue weighted by molar-refractivity contribution is -0.141. The van der Waals surface area contributed by atoms with Crippen LogP contribution in [0.1, 0.15) is 67.8 Å². The van der Waals surface area contributed by atoms with Crippen LogP contribution < -0.4 is 16.4 Å². The van der Waals surface area contributed by atoms with Gasteiger partial charge in [-0.3, -0.25) is 24.0 Å². The van der Waals surface area contributed by atoms with Gasteiger partial charge >= 0.3 is 5.97 Å². The first-order valence-corrected chi connectivity index (χ1v) is 12.9. The van der Waals surface area contributed by atoms with E-state index < -0.39 is 29.7 Å². The number of aryl methyl sites for hydroxylation is 1. The number of amides is 3. The first-order chi connectivity index (χ1) is 18.1. The number of carboxylic acids is 1. The van der Waals surface area contributed by atoms with Gasteiger partial charge in [0.25, 0.3) is 5.91 Å². The van der Waals surface area contributed by atoms with Gasteiger partial charge in [0, 0.05) is 31.6 Å². The number of hydrogen-bond donors (Lipinski definition) is 4. The minimum atomic E-state index is -0.906. The fourth-order valence-electron chi connectivity index (χ4n) is 3.39. The molecule has 11 nitrogen and oxygen atoms in total. The summed E-state index contributed by atoms with van der Waals surface area (Å²) < 4.78 is 10.6. The number of Topliss-reactive ketones (excluding diaryl/α,β-unsaturated/α-hetero) is 1. The van der Waals surface area contributed by atoms with Gasteiger partial charge in [-0.15, -0.1) is 0 Å². The monoisotopic (exact) mass is 535 g/mol. The smallest absolute Gasteiger partial charge is 0.306 e. The van der Waals surface area contributed by atoms with Gasteiger partial charge in [0.2, 0.25) is 11.8 Å². The summed E-state index contributed by atoms with van der Waals surface area (Å²) in [5.41, 5.74) is 7.05. The van der Waals surface area contributed by atoms with Crippen LogP contribution in [0.15, 0.2) is 24.3 Å². The van der Waals surface area contributed by atoms with E-state index in [9.17, 15) is 24.0 Å². The molecule has 0 heterocycles. The molecule has 5 N–H and O–H groups in total. The second-order valence-electron chi connectivity index (χ2n) is 9.23. The van der Waals surface area contributed by atoms with Gasteiger partial charge in [-0.25, -0.2) is 0 Å². The number of unbranched alkanes of at least 4 members (excludes halogenated alkanes) is 1. The maximum atomic E-state index is 12.1. The molecule has 0 saturated heterocycles. The maximum Gasteiger partial charge on any atom is 0.306 e. The Labute approximate surface area is 223 Å². The summed E-state index contributed by atoms with van der Waals surface area (Å²) in [4.78, 5) is 58.3. The molecule has 1 aromatic rings. The van der Waals surface area contributed by atoms with Crippen molar-refractivity contribution in [1.29, 1.82) is 0 Å².